The third-order valence-corrected chi connectivity index (χ3v) is 3.59. The topological polar surface area (TPSA) is 64.4 Å². The lowest BCUT2D eigenvalue weighted by atomic mass is 9.94. The molecule has 0 saturated heterocycles. The molecule has 0 fully saturated rings. The van der Waals surface area contributed by atoms with E-state index in [1.54, 1.807) is 0 Å². The zero-order chi connectivity index (χ0) is 14.8. The van der Waals surface area contributed by atoms with E-state index in [-0.39, 0.29) is 5.96 Å². The van der Waals surface area contributed by atoms with E-state index in [1.807, 2.05) is 24.3 Å². The summed E-state index contributed by atoms with van der Waals surface area (Å²) in [7, 11) is 0. The Labute approximate surface area is 123 Å². The van der Waals surface area contributed by atoms with Gasteiger partial charge in [0.25, 0.3) is 0 Å². The minimum atomic E-state index is 0.0730. The van der Waals surface area contributed by atoms with Gasteiger partial charge in [-0.2, -0.15) is 0 Å². The van der Waals surface area contributed by atoms with Crippen LogP contribution in [-0.4, -0.2) is 5.96 Å². The van der Waals surface area contributed by atoms with Gasteiger partial charge in [-0.1, -0.05) is 54.6 Å². The summed E-state index contributed by atoms with van der Waals surface area (Å²) in [5.74, 6) is 0.0730. The van der Waals surface area contributed by atoms with Crippen molar-refractivity contribution < 1.29 is 0 Å². The van der Waals surface area contributed by atoms with E-state index < -0.39 is 0 Å². The predicted molar refractivity (Wildman–Crippen MR) is 89.6 cm³/mol. The molecule has 3 nitrogen and oxygen atoms in total. The van der Waals surface area contributed by atoms with Crippen molar-refractivity contribution in [1.29, 1.82) is 0 Å². The van der Waals surface area contributed by atoms with Crippen LogP contribution in [0, 0.1) is 6.92 Å². The minimum absolute atomic E-state index is 0.0730. The second-order valence-electron chi connectivity index (χ2n) is 5.03. The van der Waals surface area contributed by atoms with Crippen molar-refractivity contribution in [1.82, 2.24) is 0 Å². The van der Waals surface area contributed by atoms with E-state index in [1.165, 1.54) is 16.7 Å². The van der Waals surface area contributed by atoms with Gasteiger partial charge < -0.3 is 11.5 Å². The summed E-state index contributed by atoms with van der Waals surface area (Å²) in [6, 6.07) is 20.6. The molecule has 104 valence electrons. The lowest BCUT2D eigenvalue weighted by Crippen LogP contribution is -2.21. The Morgan fingerprint density at radius 1 is 0.762 bits per heavy atom. The monoisotopic (exact) mass is 275 g/mol. The van der Waals surface area contributed by atoms with E-state index in [2.05, 4.69) is 48.3 Å². The van der Waals surface area contributed by atoms with Gasteiger partial charge in [-0.3, -0.25) is 0 Å². The molecule has 0 aromatic heterocycles. The average Bonchev–Trinajstić information content (AvgIpc) is 2.48. The van der Waals surface area contributed by atoms with Gasteiger partial charge in [0.05, 0.1) is 5.69 Å². The van der Waals surface area contributed by atoms with Crippen LogP contribution in [0.15, 0.2) is 65.7 Å². The van der Waals surface area contributed by atoms with Gasteiger partial charge >= 0.3 is 0 Å². The molecule has 3 aromatic carbocycles. The van der Waals surface area contributed by atoms with Crippen LogP contribution < -0.4 is 11.5 Å². The Morgan fingerprint density at radius 2 is 1.43 bits per heavy atom. The third kappa shape index (κ3) is 2.46. The van der Waals surface area contributed by atoms with Gasteiger partial charge in [0, 0.05) is 5.39 Å². The zero-order valence-electron chi connectivity index (χ0n) is 11.9. The van der Waals surface area contributed by atoms with E-state index in [0.717, 1.165) is 16.5 Å². The summed E-state index contributed by atoms with van der Waals surface area (Å²) >= 11 is 0. The van der Waals surface area contributed by atoms with E-state index in [9.17, 15) is 0 Å². The van der Waals surface area contributed by atoms with Crippen molar-refractivity contribution in [3.05, 3.63) is 66.2 Å². The second kappa shape index (κ2) is 5.29. The standard InChI is InChI=1S/C18H17N3/c1-12-6-2-3-7-13(12)15-10-11-17(21-18(19)20)16-9-5-4-8-14(15)16/h2-11H,1H3,(H4,19,20,21). The summed E-state index contributed by atoms with van der Waals surface area (Å²) in [6.07, 6.45) is 0. The molecule has 0 heterocycles. The van der Waals surface area contributed by atoms with Crippen molar-refractivity contribution in [3.63, 3.8) is 0 Å². The lowest BCUT2D eigenvalue weighted by molar-refractivity contribution is 1.43. The first kappa shape index (κ1) is 13.2. The highest BCUT2D eigenvalue weighted by Crippen LogP contribution is 2.35. The molecular formula is C18H17N3. The molecule has 21 heavy (non-hydrogen) atoms. The van der Waals surface area contributed by atoms with Gasteiger partial charge in [0.1, 0.15) is 0 Å². The van der Waals surface area contributed by atoms with Crippen LogP contribution in [0.2, 0.25) is 0 Å². The van der Waals surface area contributed by atoms with Crippen LogP contribution in [0.3, 0.4) is 0 Å². The average molecular weight is 275 g/mol. The van der Waals surface area contributed by atoms with Gasteiger partial charge in [-0.05, 0) is 35.1 Å². The second-order valence-corrected chi connectivity index (χ2v) is 5.03. The van der Waals surface area contributed by atoms with Gasteiger partial charge in [-0.25, -0.2) is 4.99 Å². The summed E-state index contributed by atoms with van der Waals surface area (Å²) in [5.41, 5.74) is 15.5. The van der Waals surface area contributed by atoms with Crippen LogP contribution >= 0.6 is 0 Å². The Kier molecular flexibility index (Phi) is 3.32. The molecule has 0 aliphatic carbocycles. The number of aryl methyl sites for hydroxylation is 1. The minimum Gasteiger partial charge on any atom is -0.370 e. The van der Waals surface area contributed by atoms with Crippen LogP contribution in [-0.2, 0) is 0 Å². The van der Waals surface area contributed by atoms with Crippen molar-refractivity contribution >= 4 is 22.4 Å². The number of nitrogens with zero attached hydrogens (tertiary/aromatic N) is 1. The zero-order valence-corrected chi connectivity index (χ0v) is 11.9. The van der Waals surface area contributed by atoms with E-state index in [4.69, 9.17) is 11.5 Å². The fourth-order valence-electron chi connectivity index (χ4n) is 2.63. The molecule has 0 bridgehead atoms. The fourth-order valence-corrected chi connectivity index (χ4v) is 2.63. The van der Waals surface area contributed by atoms with Crippen LogP contribution in [0.1, 0.15) is 5.56 Å². The molecule has 0 aliphatic heterocycles. The lowest BCUT2D eigenvalue weighted by Gasteiger charge is -2.11. The maximum Gasteiger partial charge on any atom is 0.191 e. The van der Waals surface area contributed by atoms with Crippen molar-refractivity contribution in [2.75, 3.05) is 0 Å². The number of rotatable bonds is 2. The number of nitrogens with two attached hydrogens (primary N) is 2. The maximum absolute atomic E-state index is 5.52. The Balaban J connectivity index is 2.32. The number of hydrogen-bond acceptors (Lipinski definition) is 1. The molecule has 3 heteroatoms. The number of guanidine groups is 1. The number of fused-ring (bicyclic) bond motifs is 1. The molecule has 3 aromatic rings. The number of benzene rings is 3. The molecule has 0 aliphatic rings. The van der Waals surface area contributed by atoms with Crippen LogP contribution in [0.25, 0.3) is 21.9 Å². The van der Waals surface area contributed by atoms with Gasteiger partial charge in [0.2, 0.25) is 0 Å². The molecule has 0 amide bonds. The third-order valence-electron chi connectivity index (χ3n) is 3.59. The molecule has 4 N–H and O–H groups in total. The number of hydrogen-bond donors (Lipinski definition) is 2. The summed E-state index contributed by atoms with van der Waals surface area (Å²) in [6.45, 7) is 2.12. The fraction of sp³-hybridized carbons (Fsp3) is 0.0556. The maximum atomic E-state index is 5.52. The normalized spacial score (nSPS) is 10.5. The van der Waals surface area contributed by atoms with Crippen molar-refractivity contribution in [2.45, 2.75) is 6.92 Å². The summed E-state index contributed by atoms with van der Waals surface area (Å²) in [5, 5.41) is 2.20. The molecular weight excluding hydrogens is 258 g/mol. The molecule has 3 rings (SSSR count). The summed E-state index contributed by atoms with van der Waals surface area (Å²) in [4.78, 5) is 4.22. The van der Waals surface area contributed by atoms with Crippen LogP contribution in [0.5, 0.6) is 0 Å². The number of aliphatic imine (C=N–C) groups is 1. The Morgan fingerprint density at radius 3 is 2.14 bits per heavy atom. The predicted octanol–water partition coefficient (Wildman–Crippen LogP) is 3.72. The molecule has 0 saturated carbocycles. The Bertz CT molecular complexity index is 831. The van der Waals surface area contributed by atoms with Crippen molar-refractivity contribution in [2.24, 2.45) is 16.5 Å². The Hall–Kier alpha value is -2.81. The highest BCUT2D eigenvalue weighted by molar-refractivity contribution is 6.04. The van der Waals surface area contributed by atoms with Gasteiger partial charge in [0.15, 0.2) is 5.96 Å². The van der Waals surface area contributed by atoms with Crippen LogP contribution in [0.4, 0.5) is 5.69 Å². The van der Waals surface area contributed by atoms with Crippen molar-refractivity contribution in [3.8, 4) is 11.1 Å². The first-order valence-corrected chi connectivity index (χ1v) is 6.84. The molecule has 0 spiro atoms. The molecule has 0 unspecified atom stereocenters. The smallest absolute Gasteiger partial charge is 0.191 e. The molecule has 0 atom stereocenters. The largest absolute Gasteiger partial charge is 0.370 e. The quantitative estimate of drug-likeness (QED) is 0.553. The SMILES string of the molecule is Cc1ccccc1-c1ccc(N=C(N)N)c2ccccc12. The molecule has 0 radical (unpaired) electrons. The first-order valence-electron chi connectivity index (χ1n) is 6.84. The highest BCUT2D eigenvalue weighted by Gasteiger charge is 2.08. The van der Waals surface area contributed by atoms with Gasteiger partial charge in [-0.15, -0.1) is 0 Å². The van der Waals surface area contributed by atoms with E-state index >= 15 is 0 Å². The highest BCUT2D eigenvalue weighted by atomic mass is 15.0. The van der Waals surface area contributed by atoms with E-state index in [0.29, 0.717) is 0 Å². The summed E-state index contributed by atoms with van der Waals surface area (Å²) < 4.78 is 0. The first-order chi connectivity index (χ1) is 10.2.